The molecule has 4 N–H and O–H groups in total. The van der Waals surface area contributed by atoms with Crippen LogP contribution in [0.25, 0.3) is 0 Å². The number of carbonyl (C=O) groups is 2. The molecule has 218 valence electrons. The molecule has 0 bridgehead atoms. The average Bonchev–Trinajstić information content (AvgIpc) is 3.28. The molecule has 3 atom stereocenters. The number of anilines is 1. The van der Waals surface area contributed by atoms with Crippen LogP contribution in [0, 0.1) is 40.1 Å². The largest absolute Gasteiger partial charge is 0.366 e. The monoisotopic (exact) mass is 606 g/mol. The van der Waals surface area contributed by atoms with Crippen LogP contribution in [0.15, 0.2) is 60.7 Å². The Labute approximate surface area is 247 Å². The van der Waals surface area contributed by atoms with E-state index in [0.717, 1.165) is 12.5 Å². The standard InChI is InChI=1S/C16H20ClFN2.C8H7FN2O2.C6H4ClF/c1-16(2,3)7-14-11(8-19)12(9-20-14)10-5-4-6-13(17)15(10)18;9-6-3-5(8(10)13)1-2-7(6)11-4-12;7-5-2-1-3-6(8)4-5/h4-6,11-12,14,20H,7,9H2,1-3H3;1-4H,(H2,10,13)(H,11,12);1-4H. The van der Waals surface area contributed by atoms with Crippen molar-refractivity contribution in [3.8, 4) is 6.07 Å². The fourth-order valence-electron chi connectivity index (χ4n) is 4.27. The molecular formula is C30H31Cl2F3N4O2. The third kappa shape index (κ3) is 10.4. The molecule has 6 nitrogen and oxygen atoms in total. The molecule has 1 heterocycles. The zero-order chi connectivity index (χ0) is 30.7. The molecule has 0 aliphatic carbocycles. The van der Waals surface area contributed by atoms with E-state index in [-0.39, 0.29) is 45.4 Å². The molecule has 0 aromatic heterocycles. The lowest BCUT2D eigenvalue weighted by Gasteiger charge is -2.26. The summed E-state index contributed by atoms with van der Waals surface area (Å²) in [6.07, 6.45) is 1.24. The second-order valence-electron chi connectivity index (χ2n) is 10.4. The Morgan fingerprint density at radius 2 is 1.80 bits per heavy atom. The summed E-state index contributed by atoms with van der Waals surface area (Å²) in [4.78, 5) is 20.6. The minimum atomic E-state index is -0.712. The van der Waals surface area contributed by atoms with Gasteiger partial charge in [0.25, 0.3) is 0 Å². The maximum atomic E-state index is 14.2. The smallest absolute Gasteiger partial charge is 0.248 e. The third-order valence-corrected chi connectivity index (χ3v) is 6.61. The van der Waals surface area contributed by atoms with Gasteiger partial charge in [0, 0.05) is 29.1 Å². The van der Waals surface area contributed by atoms with Gasteiger partial charge in [0.05, 0.1) is 22.7 Å². The molecule has 1 fully saturated rings. The van der Waals surface area contributed by atoms with E-state index in [1.807, 2.05) is 0 Å². The van der Waals surface area contributed by atoms with Crippen LogP contribution in [0.4, 0.5) is 18.9 Å². The maximum absolute atomic E-state index is 14.2. The van der Waals surface area contributed by atoms with Crippen LogP contribution in [0.2, 0.25) is 10.0 Å². The molecule has 11 heteroatoms. The van der Waals surface area contributed by atoms with Crippen molar-refractivity contribution >= 4 is 41.2 Å². The molecule has 0 saturated carbocycles. The van der Waals surface area contributed by atoms with Crippen molar-refractivity contribution in [2.45, 2.75) is 39.2 Å². The van der Waals surface area contributed by atoms with Gasteiger partial charge in [-0.05, 0) is 59.9 Å². The van der Waals surface area contributed by atoms with Crippen molar-refractivity contribution in [3.63, 3.8) is 0 Å². The lowest BCUT2D eigenvalue weighted by molar-refractivity contribution is -0.105. The predicted octanol–water partition coefficient (Wildman–Crippen LogP) is 7.08. The van der Waals surface area contributed by atoms with Crippen molar-refractivity contribution in [1.82, 2.24) is 5.32 Å². The maximum Gasteiger partial charge on any atom is 0.248 e. The number of carbonyl (C=O) groups excluding carboxylic acids is 2. The Hall–Kier alpha value is -3.58. The van der Waals surface area contributed by atoms with E-state index in [4.69, 9.17) is 28.9 Å². The normalized spacial score (nSPS) is 17.7. The highest BCUT2D eigenvalue weighted by atomic mass is 35.5. The predicted molar refractivity (Wildman–Crippen MR) is 155 cm³/mol. The van der Waals surface area contributed by atoms with Gasteiger partial charge in [0.1, 0.15) is 17.5 Å². The van der Waals surface area contributed by atoms with Crippen molar-refractivity contribution in [1.29, 1.82) is 5.26 Å². The highest BCUT2D eigenvalue weighted by Crippen LogP contribution is 2.38. The first kappa shape index (κ1) is 33.6. The highest BCUT2D eigenvalue weighted by molar-refractivity contribution is 6.31. The fourth-order valence-corrected chi connectivity index (χ4v) is 4.63. The number of benzene rings is 3. The van der Waals surface area contributed by atoms with Crippen LogP contribution >= 0.6 is 23.2 Å². The van der Waals surface area contributed by atoms with E-state index < -0.39 is 17.5 Å². The van der Waals surface area contributed by atoms with Gasteiger partial charge in [-0.25, -0.2) is 13.2 Å². The Morgan fingerprint density at radius 3 is 2.32 bits per heavy atom. The molecule has 0 spiro atoms. The van der Waals surface area contributed by atoms with E-state index in [1.54, 1.807) is 24.3 Å². The average molecular weight is 608 g/mol. The zero-order valence-electron chi connectivity index (χ0n) is 22.7. The van der Waals surface area contributed by atoms with E-state index in [9.17, 15) is 28.0 Å². The topological polar surface area (TPSA) is 108 Å². The summed E-state index contributed by atoms with van der Waals surface area (Å²) in [5.74, 6) is -2.44. The van der Waals surface area contributed by atoms with Crippen molar-refractivity contribution in [2.75, 3.05) is 11.9 Å². The highest BCUT2D eigenvalue weighted by Gasteiger charge is 2.39. The van der Waals surface area contributed by atoms with Crippen molar-refractivity contribution in [3.05, 3.63) is 99.3 Å². The number of nitriles is 1. The number of halogens is 5. The number of nitrogens with one attached hydrogen (secondary N) is 2. The Kier molecular flexibility index (Phi) is 12.7. The van der Waals surface area contributed by atoms with Gasteiger partial charge in [-0.3, -0.25) is 9.59 Å². The van der Waals surface area contributed by atoms with Crippen LogP contribution in [0.5, 0.6) is 0 Å². The van der Waals surface area contributed by atoms with Gasteiger partial charge in [0.2, 0.25) is 12.3 Å². The van der Waals surface area contributed by atoms with E-state index in [2.05, 4.69) is 37.5 Å². The fraction of sp³-hybridized carbons (Fsp3) is 0.300. The van der Waals surface area contributed by atoms with Gasteiger partial charge in [-0.15, -0.1) is 0 Å². The molecule has 41 heavy (non-hydrogen) atoms. The Morgan fingerprint density at radius 1 is 1.12 bits per heavy atom. The first-order valence-corrected chi connectivity index (χ1v) is 13.3. The number of hydrogen-bond donors (Lipinski definition) is 3. The number of rotatable bonds is 5. The van der Waals surface area contributed by atoms with Crippen LogP contribution in [0.1, 0.15) is 49.0 Å². The summed E-state index contributed by atoms with van der Waals surface area (Å²) in [5.41, 5.74) is 5.67. The first-order valence-electron chi connectivity index (χ1n) is 12.5. The SMILES string of the molecule is CC(C)(C)CC1NCC(c2cccc(Cl)c2F)C1C#N.Fc1cccc(Cl)c1.NC(=O)c1ccc(NC=O)c(F)c1. The van der Waals surface area contributed by atoms with E-state index >= 15 is 0 Å². The molecule has 1 saturated heterocycles. The molecule has 4 rings (SSSR count). The quantitative estimate of drug-likeness (QED) is 0.270. The summed E-state index contributed by atoms with van der Waals surface area (Å²) in [6, 6.07) is 16.9. The number of amides is 2. The summed E-state index contributed by atoms with van der Waals surface area (Å²) in [5, 5.41) is 15.5. The second kappa shape index (κ2) is 15.4. The number of nitrogens with zero attached hydrogens (tertiary/aromatic N) is 1. The van der Waals surface area contributed by atoms with Gasteiger partial charge < -0.3 is 16.4 Å². The molecular weight excluding hydrogens is 576 g/mol. The van der Waals surface area contributed by atoms with Crippen molar-refractivity contribution < 1.29 is 22.8 Å². The molecule has 1 aliphatic heterocycles. The minimum Gasteiger partial charge on any atom is -0.366 e. The summed E-state index contributed by atoms with van der Waals surface area (Å²) in [7, 11) is 0. The number of nitrogens with two attached hydrogens (primary N) is 1. The first-order chi connectivity index (χ1) is 19.3. The molecule has 3 aromatic rings. The molecule has 1 aliphatic rings. The van der Waals surface area contributed by atoms with Crippen LogP contribution < -0.4 is 16.4 Å². The lowest BCUT2D eigenvalue weighted by atomic mass is 9.79. The Balaban J connectivity index is 0.000000239. The third-order valence-electron chi connectivity index (χ3n) is 6.08. The lowest BCUT2D eigenvalue weighted by Crippen LogP contribution is -2.31. The van der Waals surface area contributed by atoms with Gasteiger partial charge in [-0.2, -0.15) is 5.26 Å². The number of primary amides is 1. The molecule has 3 unspecified atom stereocenters. The van der Waals surface area contributed by atoms with E-state index in [0.29, 0.717) is 23.5 Å². The second-order valence-corrected chi connectivity index (χ2v) is 11.3. The van der Waals surface area contributed by atoms with Crippen molar-refractivity contribution in [2.24, 2.45) is 17.1 Å². The zero-order valence-corrected chi connectivity index (χ0v) is 24.2. The molecule has 2 amide bonds. The molecule has 0 radical (unpaired) electrons. The minimum absolute atomic E-state index is 0.0139. The summed E-state index contributed by atoms with van der Waals surface area (Å²) in [6.45, 7) is 7.07. The summed E-state index contributed by atoms with van der Waals surface area (Å²) >= 11 is 11.3. The van der Waals surface area contributed by atoms with Gasteiger partial charge >= 0.3 is 0 Å². The number of hydrogen-bond acceptors (Lipinski definition) is 4. The molecule has 3 aromatic carbocycles. The Bertz CT molecular complexity index is 1380. The van der Waals surface area contributed by atoms with Crippen LogP contribution in [-0.4, -0.2) is 24.9 Å². The summed E-state index contributed by atoms with van der Waals surface area (Å²) < 4.78 is 39.2. The van der Waals surface area contributed by atoms with E-state index in [1.165, 1.54) is 30.3 Å². The van der Waals surface area contributed by atoms with Gasteiger partial charge in [0.15, 0.2) is 0 Å². The van der Waals surface area contributed by atoms with Crippen LogP contribution in [-0.2, 0) is 4.79 Å². The van der Waals surface area contributed by atoms with Crippen LogP contribution in [0.3, 0.4) is 0 Å². The van der Waals surface area contributed by atoms with Gasteiger partial charge in [-0.1, -0.05) is 62.2 Å².